The van der Waals surface area contributed by atoms with Gasteiger partial charge in [-0.3, -0.25) is 4.79 Å². The molecule has 1 saturated heterocycles. The Balaban J connectivity index is 2.06. The Morgan fingerprint density at radius 3 is 2.89 bits per heavy atom. The van der Waals surface area contributed by atoms with Gasteiger partial charge in [-0.25, -0.2) is 0 Å². The lowest BCUT2D eigenvalue weighted by atomic mass is 9.89. The van der Waals surface area contributed by atoms with Crippen molar-refractivity contribution < 1.29 is 4.79 Å². The standard InChI is InChI=1S/C14H19ClN2O/c1-9-6-7-16-10(2)13(9)17-14(18)11-4-3-5-12(15)8-11/h3-5,8-10,13,16H,6-7H2,1-2H3,(H,17,18). The van der Waals surface area contributed by atoms with Crippen LogP contribution in [0.15, 0.2) is 24.3 Å². The summed E-state index contributed by atoms with van der Waals surface area (Å²) < 4.78 is 0. The summed E-state index contributed by atoms with van der Waals surface area (Å²) in [5.41, 5.74) is 0.618. The minimum absolute atomic E-state index is 0.0510. The first-order chi connectivity index (χ1) is 8.58. The normalized spacial score (nSPS) is 27.8. The molecule has 1 aromatic rings. The Bertz CT molecular complexity index is 426. The maximum absolute atomic E-state index is 12.2. The van der Waals surface area contributed by atoms with Gasteiger partial charge in [0.25, 0.3) is 5.91 Å². The second-order valence-corrected chi connectivity index (χ2v) is 5.45. The summed E-state index contributed by atoms with van der Waals surface area (Å²) in [7, 11) is 0. The molecule has 1 aromatic carbocycles. The highest BCUT2D eigenvalue weighted by Gasteiger charge is 2.28. The van der Waals surface area contributed by atoms with E-state index in [0.29, 0.717) is 22.5 Å². The summed E-state index contributed by atoms with van der Waals surface area (Å²) >= 11 is 5.90. The zero-order chi connectivity index (χ0) is 13.1. The first kappa shape index (κ1) is 13.4. The molecule has 2 N–H and O–H groups in total. The smallest absolute Gasteiger partial charge is 0.251 e. The van der Waals surface area contributed by atoms with Crippen LogP contribution in [0.1, 0.15) is 30.6 Å². The van der Waals surface area contributed by atoms with Gasteiger partial charge in [-0.2, -0.15) is 0 Å². The van der Waals surface area contributed by atoms with Crippen molar-refractivity contribution in [2.24, 2.45) is 5.92 Å². The predicted molar refractivity (Wildman–Crippen MR) is 74.0 cm³/mol. The predicted octanol–water partition coefficient (Wildman–Crippen LogP) is 2.46. The second-order valence-electron chi connectivity index (χ2n) is 5.02. The number of amides is 1. The van der Waals surface area contributed by atoms with Gasteiger partial charge < -0.3 is 10.6 Å². The van der Waals surface area contributed by atoms with E-state index in [9.17, 15) is 4.79 Å². The van der Waals surface area contributed by atoms with Crippen LogP contribution in [-0.4, -0.2) is 24.5 Å². The molecule has 4 heteroatoms. The average Bonchev–Trinajstić information content (AvgIpc) is 2.34. The summed E-state index contributed by atoms with van der Waals surface area (Å²) in [4.78, 5) is 12.2. The number of benzene rings is 1. The second kappa shape index (κ2) is 5.72. The molecular weight excluding hydrogens is 248 g/mol. The summed E-state index contributed by atoms with van der Waals surface area (Å²) in [5.74, 6) is 0.439. The minimum Gasteiger partial charge on any atom is -0.347 e. The number of rotatable bonds is 2. The van der Waals surface area contributed by atoms with Crippen molar-refractivity contribution in [2.45, 2.75) is 32.4 Å². The zero-order valence-electron chi connectivity index (χ0n) is 10.7. The van der Waals surface area contributed by atoms with Gasteiger partial charge in [0.1, 0.15) is 0 Å². The van der Waals surface area contributed by atoms with Crippen LogP contribution in [0.25, 0.3) is 0 Å². The van der Waals surface area contributed by atoms with E-state index in [4.69, 9.17) is 11.6 Å². The van der Waals surface area contributed by atoms with Crippen molar-refractivity contribution in [3.63, 3.8) is 0 Å². The molecule has 18 heavy (non-hydrogen) atoms. The van der Waals surface area contributed by atoms with Crippen molar-refractivity contribution in [1.82, 2.24) is 10.6 Å². The van der Waals surface area contributed by atoms with Gasteiger partial charge >= 0.3 is 0 Å². The van der Waals surface area contributed by atoms with Crippen LogP contribution in [0.3, 0.4) is 0 Å². The summed E-state index contributed by atoms with van der Waals surface area (Å²) in [6.07, 6.45) is 1.09. The molecule has 0 saturated carbocycles. The minimum atomic E-state index is -0.0510. The van der Waals surface area contributed by atoms with Crippen LogP contribution >= 0.6 is 11.6 Å². The van der Waals surface area contributed by atoms with Crippen molar-refractivity contribution in [3.8, 4) is 0 Å². The molecular formula is C14H19ClN2O. The summed E-state index contributed by atoms with van der Waals surface area (Å²) in [5, 5.41) is 7.08. The molecule has 0 aliphatic carbocycles. The van der Waals surface area contributed by atoms with E-state index in [0.717, 1.165) is 13.0 Å². The molecule has 3 atom stereocenters. The fourth-order valence-electron chi connectivity index (χ4n) is 2.47. The number of piperidine rings is 1. The van der Waals surface area contributed by atoms with Crippen LogP contribution in [0.4, 0.5) is 0 Å². The molecule has 3 nitrogen and oxygen atoms in total. The lowest BCUT2D eigenvalue weighted by molar-refractivity contribution is 0.0897. The van der Waals surface area contributed by atoms with Gasteiger partial charge in [-0.15, -0.1) is 0 Å². The molecule has 2 rings (SSSR count). The fraction of sp³-hybridized carbons (Fsp3) is 0.500. The largest absolute Gasteiger partial charge is 0.347 e. The van der Waals surface area contributed by atoms with Crippen molar-refractivity contribution in [3.05, 3.63) is 34.9 Å². The van der Waals surface area contributed by atoms with E-state index in [-0.39, 0.29) is 11.9 Å². The first-order valence-corrected chi connectivity index (χ1v) is 6.75. The Morgan fingerprint density at radius 1 is 1.44 bits per heavy atom. The number of hydrogen-bond donors (Lipinski definition) is 2. The van der Waals surface area contributed by atoms with Crippen molar-refractivity contribution in [1.29, 1.82) is 0 Å². The van der Waals surface area contributed by atoms with Gasteiger partial charge in [0.15, 0.2) is 0 Å². The molecule has 1 heterocycles. The van der Waals surface area contributed by atoms with E-state index in [1.165, 1.54) is 0 Å². The maximum Gasteiger partial charge on any atom is 0.251 e. The topological polar surface area (TPSA) is 41.1 Å². The maximum atomic E-state index is 12.2. The highest BCUT2D eigenvalue weighted by Crippen LogP contribution is 2.17. The summed E-state index contributed by atoms with van der Waals surface area (Å²) in [6.45, 7) is 5.31. The molecule has 1 aliphatic rings. The molecule has 3 unspecified atom stereocenters. The third-order valence-corrected chi connectivity index (χ3v) is 3.84. The quantitative estimate of drug-likeness (QED) is 0.863. The summed E-state index contributed by atoms with van der Waals surface area (Å²) in [6, 6.07) is 7.52. The molecule has 98 valence electrons. The monoisotopic (exact) mass is 266 g/mol. The third kappa shape index (κ3) is 3.03. The Morgan fingerprint density at radius 2 is 2.22 bits per heavy atom. The van der Waals surface area contributed by atoms with Crippen LogP contribution in [0, 0.1) is 5.92 Å². The molecule has 0 aromatic heterocycles. The van der Waals surface area contributed by atoms with Gasteiger partial charge in [-0.05, 0) is 44.0 Å². The highest BCUT2D eigenvalue weighted by atomic mass is 35.5. The van der Waals surface area contributed by atoms with E-state index in [2.05, 4.69) is 24.5 Å². The Hall–Kier alpha value is -1.06. The van der Waals surface area contributed by atoms with Gasteiger partial charge in [-0.1, -0.05) is 24.6 Å². The lowest BCUT2D eigenvalue weighted by Crippen LogP contribution is -2.55. The van der Waals surface area contributed by atoms with Crippen molar-refractivity contribution >= 4 is 17.5 Å². The van der Waals surface area contributed by atoms with Crippen LogP contribution in [0.5, 0.6) is 0 Å². The number of nitrogens with one attached hydrogen (secondary N) is 2. The van der Waals surface area contributed by atoms with Gasteiger partial charge in [0.2, 0.25) is 0 Å². The van der Waals surface area contributed by atoms with E-state index in [1.54, 1.807) is 24.3 Å². The molecule has 1 aliphatic heterocycles. The number of carbonyl (C=O) groups is 1. The Labute approximate surface area is 113 Å². The molecule has 0 radical (unpaired) electrons. The average molecular weight is 267 g/mol. The lowest BCUT2D eigenvalue weighted by Gasteiger charge is -2.36. The zero-order valence-corrected chi connectivity index (χ0v) is 11.5. The van der Waals surface area contributed by atoms with Gasteiger partial charge in [0, 0.05) is 22.7 Å². The third-order valence-electron chi connectivity index (χ3n) is 3.60. The molecule has 0 spiro atoms. The first-order valence-electron chi connectivity index (χ1n) is 6.37. The van der Waals surface area contributed by atoms with E-state index < -0.39 is 0 Å². The van der Waals surface area contributed by atoms with Crippen LogP contribution in [-0.2, 0) is 0 Å². The van der Waals surface area contributed by atoms with Crippen molar-refractivity contribution in [2.75, 3.05) is 6.54 Å². The number of carbonyl (C=O) groups excluding carboxylic acids is 1. The van der Waals surface area contributed by atoms with Gasteiger partial charge in [0.05, 0.1) is 0 Å². The molecule has 0 bridgehead atoms. The Kier molecular flexibility index (Phi) is 4.25. The number of hydrogen-bond acceptors (Lipinski definition) is 2. The molecule has 1 fully saturated rings. The fourth-order valence-corrected chi connectivity index (χ4v) is 2.66. The van der Waals surface area contributed by atoms with E-state index in [1.807, 2.05) is 0 Å². The SMILES string of the molecule is CC1CCNC(C)C1NC(=O)c1cccc(Cl)c1. The van der Waals surface area contributed by atoms with Crippen LogP contribution in [0.2, 0.25) is 5.02 Å². The molecule has 1 amide bonds. The van der Waals surface area contributed by atoms with Crippen LogP contribution < -0.4 is 10.6 Å². The van der Waals surface area contributed by atoms with E-state index >= 15 is 0 Å². The number of halogens is 1. The highest BCUT2D eigenvalue weighted by molar-refractivity contribution is 6.30.